The molecule has 0 radical (unpaired) electrons. The lowest BCUT2D eigenvalue weighted by Gasteiger charge is -2.14. The Morgan fingerprint density at radius 3 is 2.59 bits per heavy atom. The van der Waals surface area contributed by atoms with Crippen LogP contribution < -0.4 is 10.3 Å². The lowest BCUT2D eigenvalue weighted by Crippen LogP contribution is -2.22. The van der Waals surface area contributed by atoms with Gasteiger partial charge in [0.2, 0.25) is 0 Å². The van der Waals surface area contributed by atoms with Gasteiger partial charge in [-0.25, -0.2) is 9.97 Å². The molecule has 3 aromatic heterocycles. The fourth-order valence-electron chi connectivity index (χ4n) is 3.62. The van der Waals surface area contributed by atoms with Crippen molar-refractivity contribution >= 4 is 10.8 Å². The molecule has 1 aliphatic carbocycles. The van der Waals surface area contributed by atoms with Crippen LogP contribution in [-0.2, 0) is 0 Å². The van der Waals surface area contributed by atoms with Crippen molar-refractivity contribution in [2.45, 2.75) is 32.8 Å². The van der Waals surface area contributed by atoms with Gasteiger partial charge < -0.3 is 14.4 Å². The van der Waals surface area contributed by atoms with Crippen LogP contribution in [0.5, 0.6) is 11.5 Å². The lowest BCUT2D eigenvalue weighted by atomic mass is 10.2. The molecule has 0 amide bonds. The van der Waals surface area contributed by atoms with Crippen LogP contribution in [0.15, 0.2) is 47.7 Å². The van der Waals surface area contributed by atoms with Gasteiger partial charge in [-0.15, -0.1) is 0 Å². The van der Waals surface area contributed by atoms with Crippen LogP contribution >= 0.6 is 0 Å². The van der Waals surface area contributed by atoms with E-state index in [1.165, 1.54) is 4.68 Å². The Balaban J connectivity index is 1.72. The van der Waals surface area contributed by atoms with E-state index in [1.54, 1.807) is 36.8 Å². The van der Waals surface area contributed by atoms with E-state index in [-0.39, 0.29) is 23.4 Å². The zero-order chi connectivity index (χ0) is 20.1. The van der Waals surface area contributed by atoms with Crippen LogP contribution in [0, 0.1) is 13.8 Å². The number of ether oxygens (including phenoxy) is 1. The van der Waals surface area contributed by atoms with E-state index in [0.717, 1.165) is 18.5 Å². The first kappa shape index (κ1) is 17.4. The van der Waals surface area contributed by atoms with Crippen LogP contribution in [0.4, 0.5) is 0 Å². The molecule has 8 heteroatoms. The SMILES string of the molecule is Cc1c2cnn(-c3ncccn3)c(=O)c2c(C)n1-c1cccc(OC2CC2)c1O. The summed E-state index contributed by atoms with van der Waals surface area (Å²) in [6, 6.07) is 7.08. The average molecular weight is 389 g/mol. The van der Waals surface area contributed by atoms with Crippen LogP contribution in [0.2, 0.25) is 0 Å². The van der Waals surface area contributed by atoms with E-state index < -0.39 is 0 Å². The van der Waals surface area contributed by atoms with Gasteiger partial charge in [0.05, 0.1) is 23.4 Å². The van der Waals surface area contributed by atoms with Gasteiger partial charge in [0.15, 0.2) is 11.5 Å². The van der Waals surface area contributed by atoms with Crippen molar-refractivity contribution in [3.8, 4) is 23.1 Å². The molecule has 5 rings (SSSR count). The van der Waals surface area contributed by atoms with Crippen LogP contribution in [0.25, 0.3) is 22.4 Å². The fourth-order valence-corrected chi connectivity index (χ4v) is 3.62. The maximum absolute atomic E-state index is 13.2. The summed E-state index contributed by atoms with van der Waals surface area (Å²) in [7, 11) is 0. The van der Waals surface area contributed by atoms with E-state index in [9.17, 15) is 9.90 Å². The van der Waals surface area contributed by atoms with Crippen molar-refractivity contribution in [3.63, 3.8) is 0 Å². The van der Waals surface area contributed by atoms with Gasteiger partial charge in [0.25, 0.3) is 11.5 Å². The molecule has 146 valence electrons. The smallest absolute Gasteiger partial charge is 0.283 e. The molecule has 0 bridgehead atoms. The second-order valence-corrected chi connectivity index (χ2v) is 7.15. The highest BCUT2D eigenvalue weighted by Crippen LogP contribution is 2.39. The van der Waals surface area contributed by atoms with Gasteiger partial charge in [-0.3, -0.25) is 4.79 Å². The molecule has 0 unspecified atom stereocenters. The van der Waals surface area contributed by atoms with E-state index >= 15 is 0 Å². The summed E-state index contributed by atoms with van der Waals surface area (Å²) in [5.74, 6) is 0.729. The van der Waals surface area contributed by atoms with E-state index in [4.69, 9.17) is 4.74 Å². The van der Waals surface area contributed by atoms with E-state index in [2.05, 4.69) is 15.1 Å². The quantitative estimate of drug-likeness (QED) is 0.577. The Morgan fingerprint density at radius 2 is 1.86 bits per heavy atom. The molecule has 29 heavy (non-hydrogen) atoms. The van der Waals surface area contributed by atoms with Crippen molar-refractivity contribution in [1.29, 1.82) is 0 Å². The molecule has 8 nitrogen and oxygen atoms in total. The molecule has 1 fully saturated rings. The van der Waals surface area contributed by atoms with Crippen LogP contribution in [0.1, 0.15) is 24.2 Å². The Labute approximate surface area is 166 Å². The highest BCUT2D eigenvalue weighted by atomic mass is 16.5. The monoisotopic (exact) mass is 389 g/mol. The first-order valence-electron chi connectivity index (χ1n) is 9.42. The molecule has 4 aromatic rings. The van der Waals surface area contributed by atoms with E-state index in [0.29, 0.717) is 27.9 Å². The van der Waals surface area contributed by atoms with Crippen molar-refractivity contribution in [2.75, 3.05) is 0 Å². The Kier molecular flexibility index (Phi) is 3.87. The third kappa shape index (κ3) is 2.75. The minimum absolute atomic E-state index is 0.0607. The Hall–Kier alpha value is -3.68. The average Bonchev–Trinajstić information content (AvgIpc) is 3.51. The molecular weight excluding hydrogens is 370 g/mol. The number of aromatic nitrogens is 5. The van der Waals surface area contributed by atoms with Crippen molar-refractivity contribution in [3.05, 3.63) is 64.6 Å². The minimum Gasteiger partial charge on any atom is -0.503 e. The Bertz CT molecular complexity index is 1290. The van der Waals surface area contributed by atoms with Gasteiger partial charge in [0, 0.05) is 29.2 Å². The summed E-state index contributed by atoms with van der Waals surface area (Å²) >= 11 is 0. The maximum atomic E-state index is 13.2. The maximum Gasteiger partial charge on any atom is 0.283 e. The normalized spacial score (nSPS) is 13.7. The second kappa shape index (κ2) is 6.44. The zero-order valence-corrected chi connectivity index (χ0v) is 16.0. The number of aromatic hydroxyl groups is 1. The number of phenols is 1. The summed E-state index contributed by atoms with van der Waals surface area (Å²) in [5.41, 5.74) is 1.77. The molecule has 0 aliphatic heterocycles. The number of benzene rings is 1. The number of aryl methyl sites for hydroxylation is 2. The molecular formula is C21H19N5O3. The topological polar surface area (TPSA) is 95.1 Å². The molecule has 1 N–H and O–H groups in total. The second-order valence-electron chi connectivity index (χ2n) is 7.15. The number of rotatable bonds is 4. The molecule has 1 aromatic carbocycles. The van der Waals surface area contributed by atoms with Gasteiger partial charge in [-0.2, -0.15) is 9.78 Å². The number of hydrogen-bond donors (Lipinski definition) is 1. The minimum atomic E-state index is -0.307. The largest absolute Gasteiger partial charge is 0.503 e. The molecule has 3 heterocycles. The predicted molar refractivity (Wildman–Crippen MR) is 107 cm³/mol. The molecule has 1 saturated carbocycles. The van der Waals surface area contributed by atoms with Gasteiger partial charge >= 0.3 is 0 Å². The molecule has 0 atom stereocenters. The standard InChI is InChI=1S/C21H19N5O3/c1-12-15-11-24-26(21-22-9-4-10-23-21)20(28)18(15)13(2)25(12)16-5-3-6-17(19(16)27)29-14-7-8-14/h3-6,9-11,14,27H,7-8H2,1-2H3. The lowest BCUT2D eigenvalue weighted by molar-refractivity contribution is 0.286. The highest BCUT2D eigenvalue weighted by molar-refractivity contribution is 5.88. The zero-order valence-electron chi connectivity index (χ0n) is 16.0. The van der Waals surface area contributed by atoms with Crippen molar-refractivity contribution in [1.82, 2.24) is 24.3 Å². The molecule has 0 spiro atoms. The summed E-state index contributed by atoms with van der Waals surface area (Å²) in [6.45, 7) is 3.74. The van der Waals surface area contributed by atoms with E-state index in [1.807, 2.05) is 24.5 Å². The summed E-state index contributed by atoms with van der Waals surface area (Å²) in [6.07, 6.45) is 6.93. The van der Waals surface area contributed by atoms with Crippen LogP contribution in [0.3, 0.4) is 0 Å². The summed E-state index contributed by atoms with van der Waals surface area (Å²) < 4.78 is 8.86. The Morgan fingerprint density at radius 1 is 1.10 bits per heavy atom. The van der Waals surface area contributed by atoms with Crippen molar-refractivity contribution in [2.24, 2.45) is 0 Å². The van der Waals surface area contributed by atoms with Gasteiger partial charge in [0.1, 0.15) is 0 Å². The fraction of sp³-hybridized carbons (Fsp3) is 0.238. The summed E-state index contributed by atoms with van der Waals surface area (Å²) in [4.78, 5) is 21.4. The van der Waals surface area contributed by atoms with Crippen LogP contribution in [-0.4, -0.2) is 35.5 Å². The predicted octanol–water partition coefficient (Wildman–Crippen LogP) is 2.83. The molecule has 0 saturated heterocycles. The summed E-state index contributed by atoms with van der Waals surface area (Å²) in [5, 5.41) is 16.3. The van der Waals surface area contributed by atoms with Crippen molar-refractivity contribution < 1.29 is 9.84 Å². The number of hydrogen-bond acceptors (Lipinski definition) is 6. The number of para-hydroxylation sites is 1. The first-order valence-corrected chi connectivity index (χ1v) is 9.42. The third-order valence-electron chi connectivity index (χ3n) is 5.18. The highest BCUT2D eigenvalue weighted by Gasteiger charge is 2.26. The number of fused-ring (bicyclic) bond motifs is 1. The molecule has 1 aliphatic rings. The first-order chi connectivity index (χ1) is 14.1. The third-order valence-corrected chi connectivity index (χ3v) is 5.18. The van der Waals surface area contributed by atoms with Gasteiger partial charge in [-0.05, 0) is 44.9 Å². The number of nitrogens with zero attached hydrogens (tertiary/aromatic N) is 5. The van der Waals surface area contributed by atoms with Gasteiger partial charge in [-0.1, -0.05) is 6.07 Å². The number of phenolic OH excluding ortho intramolecular Hbond substituents is 1.